The Bertz CT molecular complexity index is 3400. The third-order valence-corrected chi connectivity index (χ3v) is 16.5. The van der Waals surface area contributed by atoms with Crippen LogP contribution >= 0.6 is 0 Å². The number of anilines is 1. The maximum Gasteiger partial charge on any atom is 0.260 e. The van der Waals surface area contributed by atoms with E-state index in [1.165, 1.54) is 24.1 Å². The predicted molar refractivity (Wildman–Crippen MR) is 319 cm³/mol. The number of fused-ring (bicyclic) bond motifs is 7. The molecule has 10 rings (SSSR count). The zero-order chi connectivity index (χ0) is 60.3. The van der Waals surface area contributed by atoms with Crippen LogP contribution in [-0.4, -0.2) is 126 Å². The molecule has 0 aromatic heterocycles. The van der Waals surface area contributed by atoms with Gasteiger partial charge >= 0.3 is 0 Å². The number of benzene rings is 4. The average molecular weight is 1160 g/mol. The topological polar surface area (TPSA) is 222 Å². The van der Waals surface area contributed by atoms with E-state index in [-0.39, 0.29) is 91.6 Å². The lowest BCUT2D eigenvalue weighted by atomic mass is 9.91. The normalized spacial score (nSPS) is 21.5. The van der Waals surface area contributed by atoms with Crippen LogP contribution in [-0.2, 0) is 28.7 Å². The molecule has 19 nitrogen and oxygen atoms in total. The first-order valence-electron chi connectivity index (χ1n) is 29.1. The molecular formula is C65H73FN8O11. The molecule has 0 radical (unpaired) electrons. The number of ether oxygens (including phenoxy) is 5. The largest absolute Gasteiger partial charge is 0.493 e. The van der Waals surface area contributed by atoms with Crippen LogP contribution in [0.2, 0.25) is 0 Å². The molecule has 4 aromatic carbocycles. The summed E-state index contributed by atoms with van der Waals surface area (Å²) in [5, 5.41) is 8.48. The minimum atomic E-state index is -0.915. The lowest BCUT2D eigenvalue weighted by molar-refractivity contribution is -0.140. The molecule has 3 unspecified atom stereocenters. The number of nitrogens with zero attached hydrogens (tertiary/aromatic N) is 5. The van der Waals surface area contributed by atoms with Gasteiger partial charge in [-0.1, -0.05) is 64.5 Å². The standard InChI is InChI=1S/C65H73FN8O11/c1-9-65-32-43(41-17-21-45(22-18-41)70-60(77)39(6)69-61(78)58(38(4)5)71-56(75)14-11-10-12-23-72-57(76)29-47(37(2)3)62(72)79)35-74(65)64-59(85-64)48-27-52(81-7)54(30-50(48)68-36-65)83-24-13-25-84-55-31-51-49(28-53(55)82-8)63(80)73-34-42(26-46(73)33-67-51)40-15-19-44(66)20-16-40/h9,15-22,27-28,30-31,33-39,46-47,58-59,64H,1,10-14,23-26,29,32H2,2-8H3,(H,69,78)(H,70,77)(H,71,75)/t39-,46-,47?,58-,59?,64?,65-/m0/s1. The summed E-state index contributed by atoms with van der Waals surface area (Å²) in [6, 6.07) is 18.7. The van der Waals surface area contributed by atoms with Crippen LogP contribution in [0.1, 0.15) is 119 Å². The quantitative estimate of drug-likeness (QED) is 0.0258. The molecule has 446 valence electrons. The summed E-state index contributed by atoms with van der Waals surface area (Å²) in [6.07, 6.45) is 12.5. The Morgan fingerprint density at radius 3 is 2.14 bits per heavy atom. The average Bonchev–Trinajstić information content (AvgIpc) is 1.84. The first-order valence-corrected chi connectivity index (χ1v) is 29.1. The van der Waals surface area contributed by atoms with Gasteiger partial charge in [0.15, 0.2) is 29.2 Å². The van der Waals surface area contributed by atoms with Gasteiger partial charge in [-0.3, -0.25) is 43.7 Å². The SMILES string of the molecule is C=C[C@]12C=Nc3cc(OCCCOc4cc5c(cc4OC)C(=O)N4C=C(c6ccc(F)cc6)C[C@H]4C=N5)c(OC)cc3C3OC3N1C=C(c1ccc(NC(=O)[C@H](C)NC(=O)[C@@H](NC(=O)CCCCCN3C(=O)CC(C(C)C)C3=O)C(C)C)cc1)C2. The molecule has 2 saturated heterocycles. The summed E-state index contributed by atoms with van der Waals surface area (Å²) in [5.41, 5.74) is 5.87. The third kappa shape index (κ3) is 12.7. The molecular weight excluding hydrogens is 1090 g/mol. The maximum atomic E-state index is 13.8. The molecule has 0 spiro atoms. The van der Waals surface area contributed by atoms with Crippen LogP contribution in [0.4, 0.5) is 21.5 Å². The number of likely N-dealkylation sites (tertiary alicyclic amines) is 1. The Morgan fingerprint density at radius 2 is 1.47 bits per heavy atom. The molecule has 6 amide bonds. The number of methoxy groups -OCH3 is 2. The molecule has 7 atom stereocenters. The van der Waals surface area contributed by atoms with Crippen molar-refractivity contribution < 1.29 is 56.8 Å². The zero-order valence-electron chi connectivity index (χ0n) is 49.0. The number of unbranched alkanes of at least 4 members (excludes halogenated alkanes) is 2. The molecule has 0 aliphatic carbocycles. The number of carbonyl (C=O) groups is 6. The lowest BCUT2D eigenvalue weighted by Crippen LogP contribution is -2.53. The van der Waals surface area contributed by atoms with Gasteiger partial charge in [0, 0.05) is 92.8 Å². The summed E-state index contributed by atoms with van der Waals surface area (Å²) in [7, 11) is 3.10. The summed E-state index contributed by atoms with van der Waals surface area (Å²) in [6.45, 7) is 14.2. The lowest BCUT2D eigenvalue weighted by Gasteiger charge is -2.33. The number of hydrogen-bond acceptors (Lipinski definition) is 14. The fraction of sp³-hybridized carbons (Fsp3) is 0.415. The van der Waals surface area contributed by atoms with E-state index < -0.39 is 29.4 Å². The van der Waals surface area contributed by atoms with E-state index in [4.69, 9.17) is 28.7 Å². The Hall–Kier alpha value is -8.65. The molecule has 6 aliphatic rings. The number of hydrogen-bond donors (Lipinski definition) is 3. The molecule has 4 aromatic rings. The molecule has 85 heavy (non-hydrogen) atoms. The van der Waals surface area contributed by atoms with Gasteiger partial charge in [-0.2, -0.15) is 0 Å². The number of carbonyl (C=O) groups excluding carboxylic acids is 6. The van der Waals surface area contributed by atoms with Crippen LogP contribution in [0.15, 0.2) is 108 Å². The van der Waals surface area contributed by atoms with Crippen molar-refractivity contribution in [3.63, 3.8) is 0 Å². The summed E-state index contributed by atoms with van der Waals surface area (Å²) in [4.78, 5) is 93.5. The maximum absolute atomic E-state index is 13.8. The van der Waals surface area contributed by atoms with Crippen LogP contribution < -0.4 is 34.9 Å². The number of imide groups is 1. The molecule has 6 aliphatic heterocycles. The first-order chi connectivity index (χ1) is 40.9. The number of nitrogens with one attached hydrogen (secondary N) is 3. The number of amides is 6. The summed E-state index contributed by atoms with van der Waals surface area (Å²) in [5.74, 6) is -0.584. The Balaban J connectivity index is 0.701. The first kappa shape index (κ1) is 59.5. The second-order valence-corrected chi connectivity index (χ2v) is 23.0. The van der Waals surface area contributed by atoms with E-state index in [0.717, 1.165) is 27.8 Å². The highest BCUT2D eigenvalue weighted by Gasteiger charge is 2.54. The van der Waals surface area contributed by atoms with Gasteiger partial charge in [0.05, 0.1) is 56.0 Å². The van der Waals surface area contributed by atoms with Gasteiger partial charge in [-0.25, -0.2) is 4.39 Å². The van der Waals surface area contributed by atoms with Crippen molar-refractivity contribution in [2.75, 3.05) is 39.3 Å². The third-order valence-electron chi connectivity index (χ3n) is 16.5. The molecule has 6 heterocycles. The summed E-state index contributed by atoms with van der Waals surface area (Å²) < 4.78 is 44.0. The van der Waals surface area contributed by atoms with E-state index >= 15 is 0 Å². The molecule has 0 bridgehead atoms. The summed E-state index contributed by atoms with van der Waals surface area (Å²) >= 11 is 0. The van der Waals surface area contributed by atoms with Gasteiger partial charge in [0.1, 0.15) is 24.0 Å². The highest BCUT2D eigenvalue weighted by Crippen LogP contribution is 2.54. The Kier molecular flexibility index (Phi) is 17.7. The van der Waals surface area contributed by atoms with E-state index in [9.17, 15) is 33.2 Å². The van der Waals surface area contributed by atoms with Crippen LogP contribution in [0.3, 0.4) is 0 Å². The monoisotopic (exact) mass is 1160 g/mol. The minimum absolute atomic E-state index is 0.102. The minimum Gasteiger partial charge on any atom is -0.493 e. The van der Waals surface area contributed by atoms with E-state index in [2.05, 4.69) is 38.6 Å². The molecule has 3 N–H and O–H groups in total. The van der Waals surface area contributed by atoms with Gasteiger partial charge in [0.2, 0.25) is 29.5 Å². The number of rotatable bonds is 24. The number of halogens is 1. The van der Waals surface area contributed by atoms with Gasteiger partial charge in [0.25, 0.3) is 5.91 Å². The second-order valence-electron chi connectivity index (χ2n) is 23.0. The fourth-order valence-electron chi connectivity index (χ4n) is 11.5. The van der Waals surface area contributed by atoms with E-state index in [0.29, 0.717) is 90.7 Å². The van der Waals surface area contributed by atoms with E-state index in [1.807, 2.05) is 64.3 Å². The van der Waals surface area contributed by atoms with Crippen molar-refractivity contribution in [2.24, 2.45) is 27.7 Å². The van der Waals surface area contributed by atoms with Crippen LogP contribution in [0.25, 0.3) is 11.1 Å². The van der Waals surface area contributed by atoms with Crippen LogP contribution in [0.5, 0.6) is 23.0 Å². The highest BCUT2D eigenvalue weighted by molar-refractivity contribution is 6.06. The highest BCUT2D eigenvalue weighted by atomic mass is 19.1. The van der Waals surface area contributed by atoms with Crippen molar-refractivity contribution in [1.82, 2.24) is 25.3 Å². The van der Waals surface area contributed by atoms with Crippen molar-refractivity contribution >= 4 is 76.1 Å². The van der Waals surface area contributed by atoms with Crippen molar-refractivity contribution in [1.29, 1.82) is 0 Å². The predicted octanol–water partition coefficient (Wildman–Crippen LogP) is 9.62. The van der Waals surface area contributed by atoms with E-state index in [1.54, 1.807) is 67.7 Å². The van der Waals surface area contributed by atoms with Gasteiger partial charge in [-0.05, 0) is 90.3 Å². The number of aliphatic imine (C=N–C) groups is 2. The smallest absolute Gasteiger partial charge is 0.260 e. The van der Waals surface area contributed by atoms with Gasteiger partial charge < -0.3 is 49.4 Å². The Labute approximate surface area is 494 Å². The Morgan fingerprint density at radius 1 is 0.788 bits per heavy atom. The van der Waals surface area contributed by atoms with Crippen molar-refractivity contribution in [2.45, 2.75) is 122 Å². The van der Waals surface area contributed by atoms with Crippen LogP contribution in [0, 0.1) is 23.6 Å². The van der Waals surface area contributed by atoms with Crippen molar-refractivity contribution in [3.05, 3.63) is 126 Å². The molecule has 20 heteroatoms. The zero-order valence-corrected chi connectivity index (χ0v) is 49.0. The van der Waals surface area contributed by atoms with Gasteiger partial charge in [-0.15, -0.1) is 6.58 Å². The number of epoxide rings is 1. The fourth-order valence-corrected chi connectivity index (χ4v) is 11.5. The second kappa shape index (κ2) is 25.3. The molecule has 2 fully saturated rings. The van der Waals surface area contributed by atoms with Crippen molar-refractivity contribution in [3.8, 4) is 23.0 Å². The molecule has 0 saturated carbocycles.